The second kappa shape index (κ2) is 8.15. The molecule has 1 heterocycles. The molecule has 1 aliphatic rings. The van der Waals surface area contributed by atoms with E-state index in [1.165, 1.54) is 0 Å². The number of hydrogen-bond acceptors (Lipinski definition) is 4. The number of nitrogens with zero attached hydrogens (tertiary/aromatic N) is 1. The molecule has 0 radical (unpaired) electrons. The van der Waals surface area contributed by atoms with Crippen molar-refractivity contribution in [2.45, 2.75) is 39.7 Å². The molecule has 0 bridgehead atoms. The summed E-state index contributed by atoms with van der Waals surface area (Å²) in [4.78, 5) is 26.0. The third kappa shape index (κ3) is 5.23. The number of carbonyl (C=O) groups excluding carboxylic acids is 2. The van der Waals surface area contributed by atoms with Gasteiger partial charge in [-0.15, -0.1) is 0 Å². The zero-order chi connectivity index (χ0) is 17.7. The van der Waals surface area contributed by atoms with Gasteiger partial charge >= 0.3 is 0 Å². The maximum atomic E-state index is 12.2. The van der Waals surface area contributed by atoms with Crippen LogP contribution in [0, 0.1) is 5.92 Å². The molecule has 6 heteroatoms. The van der Waals surface area contributed by atoms with Crippen molar-refractivity contribution in [1.29, 1.82) is 0 Å². The van der Waals surface area contributed by atoms with Gasteiger partial charge in [-0.1, -0.05) is 6.92 Å². The molecule has 24 heavy (non-hydrogen) atoms. The van der Waals surface area contributed by atoms with Crippen molar-refractivity contribution in [3.63, 3.8) is 0 Å². The molecule has 1 aromatic rings. The lowest BCUT2D eigenvalue weighted by Gasteiger charge is -2.29. The second-order valence-electron chi connectivity index (χ2n) is 6.75. The Morgan fingerprint density at radius 3 is 2.58 bits per heavy atom. The molecule has 1 saturated heterocycles. The third-order valence-corrected chi connectivity index (χ3v) is 4.13. The summed E-state index contributed by atoms with van der Waals surface area (Å²) in [5, 5.41) is 2.83. The fourth-order valence-corrected chi connectivity index (χ4v) is 2.78. The van der Waals surface area contributed by atoms with Gasteiger partial charge in [-0.3, -0.25) is 14.5 Å². The number of likely N-dealkylation sites (tertiary alicyclic amines) is 1. The molecule has 0 aliphatic carbocycles. The molecule has 0 atom stereocenters. The molecule has 6 nitrogen and oxygen atoms in total. The van der Waals surface area contributed by atoms with Crippen LogP contribution in [-0.4, -0.2) is 42.5 Å². The summed E-state index contributed by atoms with van der Waals surface area (Å²) < 4.78 is 5.58. The highest BCUT2D eigenvalue weighted by atomic mass is 16.5. The minimum absolute atomic E-state index is 0.0648. The van der Waals surface area contributed by atoms with E-state index >= 15 is 0 Å². The van der Waals surface area contributed by atoms with Gasteiger partial charge in [0.05, 0.1) is 18.2 Å². The zero-order valence-electron chi connectivity index (χ0n) is 14.7. The Balaban J connectivity index is 2.00. The minimum Gasteiger partial charge on any atom is -0.490 e. The summed E-state index contributed by atoms with van der Waals surface area (Å²) >= 11 is 0. The van der Waals surface area contributed by atoms with Gasteiger partial charge in [0.1, 0.15) is 5.75 Å². The van der Waals surface area contributed by atoms with Crippen LogP contribution in [0.15, 0.2) is 18.2 Å². The van der Waals surface area contributed by atoms with Gasteiger partial charge < -0.3 is 15.8 Å². The fourth-order valence-electron chi connectivity index (χ4n) is 2.78. The Kier molecular flexibility index (Phi) is 6.20. The molecule has 0 saturated carbocycles. The lowest BCUT2D eigenvalue weighted by Crippen LogP contribution is -2.38. The third-order valence-electron chi connectivity index (χ3n) is 4.13. The topological polar surface area (TPSA) is 84.7 Å². The van der Waals surface area contributed by atoms with E-state index in [2.05, 4.69) is 17.1 Å². The number of benzene rings is 1. The monoisotopic (exact) mass is 333 g/mol. The van der Waals surface area contributed by atoms with Crippen molar-refractivity contribution < 1.29 is 14.3 Å². The molecule has 132 valence electrons. The molecule has 1 fully saturated rings. The largest absolute Gasteiger partial charge is 0.490 e. The molecule has 1 aliphatic heterocycles. The van der Waals surface area contributed by atoms with Gasteiger partial charge in [0.25, 0.3) is 5.91 Å². The maximum Gasteiger partial charge on any atom is 0.252 e. The Bertz CT molecular complexity index is 593. The highest BCUT2D eigenvalue weighted by molar-refractivity contribution is 5.98. The van der Waals surface area contributed by atoms with E-state index in [1.807, 2.05) is 13.8 Å². The van der Waals surface area contributed by atoms with Crippen LogP contribution in [0.3, 0.4) is 0 Å². The van der Waals surface area contributed by atoms with E-state index in [4.69, 9.17) is 10.5 Å². The van der Waals surface area contributed by atoms with Crippen LogP contribution in [0.1, 0.15) is 44.0 Å². The van der Waals surface area contributed by atoms with Crippen LogP contribution in [0.5, 0.6) is 5.75 Å². The average molecular weight is 333 g/mol. The molecule has 0 aromatic heterocycles. The Labute approximate surface area is 143 Å². The number of primary amides is 1. The Hall–Kier alpha value is -2.08. The van der Waals surface area contributed by atoms with E-state index in [0.29, 0.717) is 18.0 Å². The van der Waals surface area contributed by atoms with Crippen LogP contribution >= 0.6 is 0 Å². The average Bonchev–Trinajstić information content (AvgIpc) is 2.50. The first-order valence-electron chi connectivity index (χ1n) is 8.48. The molecule has 0 spiro atoms. The van der Waals surface area contributed by atoms with E-state index < -0.39 is 5.91 Å². The first-order valence-corrected chi connectivity index (χ1v) is 8.48. The Morgan fingerprint density at radius 1 is 1.33 bits per heavy atom. The van der Waals surface area contributed by atoms with Gasteiger partial charge in [0.15, 0.2) is 0 Å². The van der Waals surface area contributed by atoms with Crippen molar-refractivity contribution in [2.75, 3.05) is 25.0 Å². The van der Waals surface area contributed by atoms with Crippen LogP contribution in [-0.2, 0) is 4.79 Å². The van der Waals surface area contributed by atoms with Crippen molar-refractivity contribution in [1.82, 2.24) is 4.90 Å². The fraction of sp³-hybridized carbons (Fsp3) is 0.556. The van der Waals surface area contributed by atoms with Gasteiger partial charge in [0, 0.05) is 5.69 Å². The van der Waals surface area contributed by atoms with Gasteiger partial charge in [-0.25, -0.2) is 0 Å². The molecule has 3 N–H and O–H groups in total. The quantitative estimate of drug-likeness (QED) is 0.836. The zero-order valence-corrected chi connectivity index (χ0v) is 14.7. The number of piperidine rings is 1. The SMILES string of the molecule is CC1CCN(CC(=O)Nc2ccc(OC(C)C)c(C(N)=O)c2)CC1. The van der Waals surface area contributed by atoms with Crippen LogP contribution in [0.4, 0.5) is 5.69 Å². The van der Waals surface area contributed by atoms with Gasteiger partial charge in [-0.2, -0.15) is 0 Å². The first-order chi connectivity index (χ1) is 11.3. The van der Waals surface area contributed by atoms with Crippen molar-refractivity contribution in [3.8, 4) is 5.75 Å². The predicted octanol–water partition coefficient (Wildman–Crippen LogP) is 2.24. The molecule has 1 aromatic carbocycles. The summed E-state index contributed by atoms with van der Waals surface area (Å²) in [5.41, 5.74) is 6.24. The molecule has 2 amide bonds. The van der Waals surface area contributed by atoms with Crippen molar-refractivity contribution >= 4 is 17.5 Å². The summed E-state index contributed by atoms with van der Waals surface area (Å²) in [6, 6.07) is 4.95. The van der Waals surface area contributed by atoms with Crippen molar-refractivity contribution in [2.24, 2.45) is 11.7 Å². The number of nitrogens with one attached hydrogen (secondary N) is 1. The van der Waals surface area contributed by atoms with Crippen molar-refractivity contribution in [3.05, 3.63) is 23.8 Å². The molecular weight excluding hydrogens is 306 g/mol. The lowest BCUT2D eigenvalue weighted by molar-refractivity contribution is -0.117. The van der Waals surface area contributed by atoms with E-state index in [9.17, 15) is 9.59 Å². The highest BCUT2D eigenvalue weighted by Gasteiger charge is 2.18. The number of ether oxygens (including phenoxy) is 1. The first kappa shape index (κ1) is 18.3. The van der Waals surface area contributed by atoms with Crippen LogP contribution in [0.25, 0.3) is 0 Å². The summed E-state index contributed by atoms with van der Waals surface area (Å²) in [6.07, 6.45) is 2.19. The number of nitrogens with two attached hydrogens (primary N) is 1. The summed E-state index contributed by atoms with van der Waals surface area (Å²) in [7, 11) is 0. The maximum absolute atomic E-state index is 12.2. The predicted molar refractivity (Wildman–Crippen MR) is 94.2 cm³/mol. The number of amides is 2. The van der Waals surface area contributed by atoms with Gasteiger partial charge in [0.2, 0.25) is 5.91 Å². The number of carbonyl (C=O) groups is 2. The number of anilines is 1. The number of hydrogen-bond donors (Lipinski definition) is 2. The molecule has 2 rings (SSSR count). The van der Waals surface area contributed by atoms with E-state index in [-0.39, 0.29) is 17.6 Å². The van der Waals surface area contributed by atoms with Crippen LogP contribution in [0.2, 0.25) is 0 Å². The Morgan fingerprint density at radius 2 is 2.00 bits per heavy atom. The highest BCUT2D eigenvalue weighted by Crippen LogP contribution is 2.24. The minimum atomic E-state index is -0.577. The van der Waals surface area contributed by atoms with E-state index in [1.54, 1.807) is 18.2 Å². The standard InChI is InChI=1S/C18H27N3O3/c1-12(2)24-16-5-4-14(10-15(16)18(19)23)20-17(22)11-21-8-6-13(3)7-9-21/h4-5,10,12-13H,6-9,11H2,1-3H3,(H2,19,23)(H,20,22). The normalized spacial score (nSPS) is 16.2. The van der Waals surface area contributed by atoms with Crippen LogP contribution < -0.4 is 15.8 Å². The molecular formula is C18H27N3O3. The summed E-state index contributed by atoms with van der Waals surface area (Å²) in [5.74, 6) is 0.501. The van der Waals surface area contributed by atoms with E-state index in [0.717, 1.165) is 31.8 Å². The second-order valence-corrected chi connectivity index (χ2v) is 6.75. The lowest BCUT2D eigenvalue weighted by atomic mass is 9.99. The number of rotatable bonds is 6. The summed E-state index contributed by atoms with van der Waals surface area (Å²) in [6.45, 7) is 8.25. The molecule has 0 unspecified atom stereocenters. The smallest absolute Gasteiger partial charge is 0.252 e. The van der Waals surface area contributed by atoms with Gasteiger partial charge in [-0.05, 0) is 63.9 Å².